The van der Waals surface area contributed by atoms with E-state index >= 15 is 0 Å². The zero-order valence-electron chi connectivity index (χ0n) is 21.3. The number of nitrogens with zero attached hydrogens (tertiary/aromatic N) is 3. The predicted molar refractivity (Wildman–Crippen MR) is 140 cm³/mol. The van der Waals surface area contributed by atoms with Crippen LogP contribution in [0.4, 0.5) is 11.5 Å². The smallest absolute Gasteiger partial charge is 0.230 e. The van der Waals surface area contributed by atoms with Crippen molar-refractivity contribution >= 4 is 17.4 Å². The van der Waals surface area contributed by atoms with Crippen LogP contribution in [0.15, 0.2) is 30.5 Å². The summed E-state index contributed by atoms with van der Waals surface area (Å²) in [6.07, 6.45) is 7.48. The molecule has 3 rings (SSSR count). The molecular formula is C28H42N4O. The van der Waals surface area contributed by atoms with E-state index in [1.807, 2.05) is 11.1 Å². The van der Waals surface area contributed by atoms with Gasteiger partial charge in [0.15, 0.2) is 0 Å². The Morgan fingerprint density at radius 1 is 1.06 bits per heavy atom. The van der Waals surface area contributed by atoms with Crippen molar-refractivity contribution in [3.05, 3.63) is 41.6 Å². The van der Waals surface area contributed by atoms with Crippen molar-refractivity contribution < 1.29 is 4.79 Å². The second-order valence-corrected chi connectivity index (χ2v) is 9.25. The fourth-order valence-electron chi connectivity index (χ4n) is 4.87. The summed E-state index contributed by atoms with van der Waals surface area (Å²) in [6, 6.07) is 8.71. The fraction of sp³-hybridized carbons (Fsp3) is 0.571. The number of rotatable bonds is 11. The summed E-state index contributed by atoms with van der Waals surface area (Å²) in [6.45, 7) is 15.3. The molecule has 1 aliphatic carbocycles. The van der Waals surface area contributed by atoms with Gasteiger partial charge in [-0.25, -0.2) is 4.98 Å². The van der Waals surface area contributed by atoms with E-state index in [-0.39, 0.29) is 5.92 Å². The van der Waals surface area contributed by atoms with E-state index in [1.165, 1.54) is 24.0 Å². The number of carbonyl (C=O) groups is 1. The van der Waals surface area contributed by atoms with Crippen molar-refractivity contribution in [2.24, 2.45) is 5.92 Å². The summed E-state index contributed by atoms with van der Waals surface area (Å²) < 4.78 is 0. The van der Waals surface area contributed by atoms with E-state index in [0.29, 0.717) is 12.5 Å². The quantitative estimate of drug-likeness (QED) is 0.444. The van der Waals surface area contributed by atoms with Gasteiger partial charge in [0, 0.05) is 49.5 Å². The zero-order chi connectivity index (χ0) is 23.8. The van der Waals surface area contributed by atoms with Crippen LogP contribution in [0.5, 0.6) is 0 Å². The zero-order valence-corrected chi connectivity index (χ0v) is 21.3. The minimum Gasteiger partial charge on any atom is -0.355 e. The predicted octanol–water partition coefficient (Wildman–Crippen LogP) is 5.73. The van der Waals surface area contributed by atoms with Crippen LogP contribution < -0.4 is 15.1 Å². The van der Waals surface area contributed by atoms with Gasteiger partial charge in [-0.2, -0.15) is 0 Å². The Labute approximate surface area is 200 Å². The number of pyridine rings is 1. The van der Waals surface area contributed by atoms with E-state index in [0.717, 1.165) is 68.1 Å². The summed E-state index contributed by atoms with van der Waals surface area (Å²) in [7, 11) is 0. The molecule has 1 N–H and O–H groups in total. The summed E-state index contributed by atoms with van der Waals surface area (Å²) in [4.78, 5) is 22.4. The lowest BCUT2D eigenvalue weighted by atomic mass is 9.97. The summed E-state index contributed by atoms with van der Waals surface area (Å²) in [5, 5.41) is 3.41. The minimum absolute atomic E-state index is 0.181. The molecule has 1 aromatic carbocycles. The highest BCUT2D eigenvalue weighted by atomic mass is 16.2. The second-order valence-electron chi connectivity index (χ2n) is 9.25. The number of carbonyl (C=O) groups excluding carboxylic acids is 1. The maximum atomic E-state index is 13.3. The van der Waals surface area contributed by atoms with Crippen LogP contribution >= 0.6 is 0 Å². The van der Waals surface area contributed by atoms with E-state index in [9.17, 15) is 4.79 Å². The molecule has 1 aromatic heterocycles. The average molecular weight is 451 g/mol. The maximum absolute atomic E-state index is 13.3. The molecule has 0 unspecified atom stereocenters. The van der Waals surface area contributed by atoms with E-state index in [1.54, 1.807) is 0 Å². The first-order chi connectivity index (χ1) is 16.0. The van der Waals surface area contributed by atoms with E-state index in [4.69, 9.17) is 4.98 Å². The minimum atomic E-state index is 0.181. The maximum Gasteiger partial charge on any atom is 0.230 e. The Hall–Kier alpha value is -2.40. The van der Waals surface area contributed by atoms with Gasteiger partial charge in [-0.15, -0.1) is 0 Å². The molecule has 1 saturated carbocycles. The SMILES string of the molecule is CCCN(CCNCC)c1ccc(-c2cc(C)c(C)c(N(CC)C(=O)C3CCCC3)c2)cn1. The number of anilines is 2. The number of aromatic nitrogens is 1. The number of hydrogen-bond donors (Lipinski definition) is 1. The highest BCUT2D eigenvalue weighted by Crippen LogP contribution is 2.34. The van der Waals surface area contributed by atoms with Crippen LogP contribution in [0.1, 0.15) is 64.0 Å². The summed E-state index contributed by atoms with van der Waals surface area (Å²) in [5.74, 6) is 1.49. The largest absolute Gasteiger partial charge is 0.355 e. The van der Waals surface area contributed by atoms with E-state index in [2.05, 4.69) is 69.1 Å². The molecule has 180 valence electrons. The van der Waals surface area contributed by atoms with Crippen molar-refractivity contribution in [1.29, 1.82) is 0 Å². The number of nitrogens with one attached hydrogen (secondary N) is 1. The first-order valence-electron chi connectivity index (χ1n) is 12.8. The Kier molecular flexibility index (Phi) is 9.30. The van der Waals surface area contributed by atoms with Gasteiger partial charge in [0.25, 0.3) is 0 Å². The third-order valence-electron chi connectivity index (χ3n) is 6.92. The van der Waals surface area contributed by atoms with Crippen molar-refractivity contribution in [2.45, 2.75) is 66.7 Å². The van der Waals surface area contributed by atoms with Crippen molar-refractivity contribution in [2.75, 3.05) is 42.5 Å². The first kappa shape index (κ1) is 25.2. The normalized spacial score (nSPS) is 14.0. The molecular weight excluding hydrogens is 408 g/mol. The summed E-state index contributed by atoms with van der Waals surface area (Å²) >= 11 is 0. The van der Waals surface area contributed by atoms with Gasteiger partial charge in [-0.05, 0) is 81.5 Å². The Morgan fingerprint density at radius 3 is 2.42 bits per heavy atom. The van der Waals surface area contributed by atoms with Gasteiger partial charge in [0.1, 0.15) is 5.82 Å². The van der Waals surface area contributed by atoms with Crippen LogP contribution in [-0.2, 0) is 4.79 Å². The molecule has 0 atom stereocenters. The lowest BCUT2D eigenvalue weighted by molar-refractivity contribution is -0.122. The van der Waals surface area contributed by atoms with Gasteiger partial charge in [0.05, 0.1) is 0 Å². The molecule has 0 radical (unpaired) electrons. The third kappa shape index (κ3) is 6.14. The molecule has 5 heteroatoms. The molecule has 1 heterocycles. The van der Waals surface area contributed by atoms with Crippen LogP contribution in [0, 0.1) is 19.8 Å². The van der Waals surface area contributed by atoms with Crippen molar-refractivity contribution in [1.82, 2.24) is 10.3 Å². The van der Waals surface area contributed by atoms with Gasteiger partial charge in [-0.3, -0.25) is 4.79 Å². The lowest BCUT2D eigenvalue weighted by Crippen LogP contribution is -2.35. The Morgan fingerprint density at radius 2 is 1.82 bits per heavy atom. The average Bonchev–Trinajstić information content (AvgIpc) is 3.37. The number of hydrogen-bond acceptors (Lipinski definition) is 4. The monoisotopic (exact) mass is 450 g/mol. The lowest BCUT2D eigenvalue weighted by Gasteiger charge is -2.27. The van der Waals surface area contributed by atoms with Crippen LogP contribution in [0.2, 0.25) is 0 Å². The Balaban J connectivity index is 1.87. The molecule has 0 spiro atoms. The van der Waals surface area contributed by atoms with Crippen molar-refractivity contribution in [3.8, 4) is 11.1 Å². The van der Waals surface area contributed by atoms with Gasteiger partial charge >= 0.3 is 0 Å². The number of amides is 1. The molecule has 1 aliphatic rings. The van der Waals surface area contributed by atoms with Crippen LogP contribution in [0.25, 0.3) is 11.1 Å². The van der Waals surface area contributed by atoms with E-state index < -0.39 is 0 Å². The third-order valence-corrected chi connectivity index (χ3v) is 6.92. The van der Waals surface area contributed by atoms with Crippen LogP contribution in [0.3, 0.4) is 0 Å². The standard InChI is InChI=1S/C28H42N4O/c1-6-16-31(17-15-29-7-2)27-14-13-24(20-30-27)25-18-21(4)22(5)26(19-25)32(8-3)28(33)23-11-9-10-12-23/h13-14,18-20,23,29H,6-12,15-17H2,1-5H3. The molecule has 0 aliphatic heterocycles. The fourth-order valence-corrected chi connectivity index (χ4v) is 4.87. The van der Waals surface area contributed by atoms with Crippen LogP contribution in [-0.4, -0.2) is 43.6 Å². The van der Waals surface area contributed by atoms with Crippen molar-refractivity contribution in [3.63, 3.8) is 0 Å². The van der Waals surface area contributed by atoms with Gasteiger partial charge in [0.2, 0.25) is 5.91 Å². The topological polar surface area (TPSA) is 48.5 Å². The highest BCUT2D eigenvalue weighted by Gasteiger charge is 2.28. The highest BCUT2D eigenvalue weighted by molar-refractivity contribution is 5.96. The first-order valence-corrected chi connectivity index (χ1v) is 12.8. The number of benzene rings is 1. The number of aryl methyl sites for hydroxylation is 1. The number of likely N-dealkylation sites (N-methyl/N-ethyl adjacent to an activating group) is 1. The molecule has 0 bridgehead atoms. The summed E-state index contributed by atoms with van der Waals surface area (Å²) in [5.41, 5.74) is 5.67. The molecule has 0 saturated heterocycles. The molecule has 5 nitrogen and oxygen atoms in total. The molecule has 2 aromatic rings. The molecule has 1 amide bonds. The van der Waals surface area contributed by atoms with Gasteiger partial charge < -0.3 is 15.1 Å². The Bertz CT molecular complexity index is 903. The van der Waals surface area contributed by atoms with Gasteiger partial charge in [-0.1, -0.05) is 32.8 Å². The molecule has 33 heavy (non-hydrogen) atoms. The second kappa shape index (κ2) is 12.2. The molecule has 1 fully saturated rings.